The van der Waals surface area contributed by atoms with E-state index in [4.69, 9.17) is 0 Å². The zero-order valence-corrected chi connectivity index (χ0v) is 12.7. The summed E-state index contributed by atoms with van der Waals surface area (Å²) >= 11 is 2.74. The fourth-order valence-electron chi connectivity index (χ4n) is 1.63. The van der Waals surface area contributed by atoms with Gasteiger partial charge < -0.3 is 5.32 Å². The molecule has 3 nitrogen and oxygen atoms in total. The summed E-state index contributed by atoms with van der Waals surface area (Å²) < 4.78 is 0. The van der Waals surface area contributed by atoms with Gasteiger partial charge in [-0.25, -0.2) is 0 Å². The van der Waals surface area contributed by atoms with Crippen LogP contribution in [0.15, 0.2) is 41.8 Å². The summed E-state index contributed by atoms with van der Waals surface area (Å²) in [6, 6.07) is 11.1. The highest BCUT2D eigenvalue weighted by molar-refractivity contribution is 8.13. The second kappa shape index (κ2) is 7.26. The molecule has 1 aromatic heterocycles. The molecule has 0 spiro atoms. The number of thioether (sulfide) groups is 1. The van der Waals surface area contributed by atoms with E-state index < -0.39 is 0 Å². The van der Waals surface area contributed by atoms with E-state index in [1.54, 1.807) is 12.1 Å². The molecule has 20 heavy (non-hydrogen) atoms. The van der Waals surface area contributed by atoms with Gasteiger partial charge in [0.15, 0.2) is 0 Å². The molecular weight excluding hydrogens is 290 g/mol. The van der Waals surface area contributed by atoms with Gasteiger partial charge in [0, 0.05) is 17.9 Å². The van der Waals surface area contributed by atoms with Crippen molar-refractivity contribution in [1.82, 2.24) is 5.32 Å². The quantitative estimate of drug-likeness (QED) is 0.918. The van der Waals surface area contributed by atoms with Gasteiger partial charge in [-0.3, -0.25) is 9.59 Å². The molecule has 0 radical (unpaired) electrons. The predicted octanol–water partition coefficient (Wildman–Crippen LogP) is 3.57. The van der Waals surface area contributed by atoms with Crippen LogP contribution in [0.1, 0.15) is 32.5 Å². The number of benzene rings is 1. The van der Waals surface area contributed by atoms with Gasteiger partial charge in [-0.2, -0.15) is 0 Å². The summed E-state index contributed by atoms with van der Waals surface area (Å²) in [5, 5.41) is 4.74. The van der Waals surface area contributed by atoms with Gasteiger partial charge in [0.1, 0.15) is 0 Å². The standard InChI is InChI=1S/C15H15NO2S2/c1-2-16-14(17)12-7-5-11(6-8-12)10-20-15(18)13-4-3-9-19-13/h3-9H,2,10H2,1H3,(H,16,17). The van der Waals surface area contributed by atoms with Gasteiger partial charge in [0.25, 0.3) is 5.91 Å². The highest BCUT2D eigenvalue weighted by Gasteiger charge is 2.08. The molecule has 0 aliphatic carbocycles. The van der Waals surface area contributed by atoms with Crippen LogP contribution >= 0.6 is 23.1 Å². The molecule has 5 heteroatoms. The number of thiophene rings is 1. The van der Waals surface area contributed by atoms with E-state index in [-0.39, 0.29) is 11.0 Å². The predicted molar refractivity (Wildman–Crippen MR) is 84.4 cm³/mol. The highest BCUT2D eigenvalue weighted by atomic mass is 32.2. The molecule has 104 valence electrons. The maximum atomic E-state index is 11.8. The number of carbonyl (C=O) groups is 2. The van der Waals surface area contributed by atoms with Crippen molar-refractivity contribution in [2.75, 3.05) is 6.54 Å². The average molecular weight is 305 g/mol. The monoisotopic (exact) mass is 305 g/mol. The number of rotatable bonds is 5. The van der Waals surface area contributed by atoms with Crippen LogP contribution in [0.2, 0.25) is 0 Å². The first-order valence-corrected chi connectivity index (χ1v) is 8.15. The van der Waals surface area contributed by atoms with E-state index in [0.29, 0.717) is 17.9 Å². The highest BCUT2D eigenvalue weighted by Crippen LogP contribution is 2.21. The van der Waals surface area contributed by atoms with Crippen molar-refractivity contribution in [3.8, 4) is 0 Å². The van der Waals surface area contributed by atoms with Crippen molar-refractivity contribution in [3.63, 3.8) is 0 Å². The summed E-state index contributed by atoms with van der Waals surface area (Å²) in [7, 11) is 0. The molecule has 0 saturated carbocycles. The zero-order chi connectivity index (χ0) is 14.4. The Bertz CT molecular complexity index is 576. The van der Waals surface area contributed by atoms with Gasteiger partial charge in [0.2, 0.25) is 5.12 Å². The minimum absolute atomic E-state index is 0.0682. The lowest BCUT2D eigenvalue weighted by molar-refractivity contribution is 0.0955. The van der Waals surface area contributed by atoms with Gasteiger partial charge in [-0.1, -0.05) is 30.0 Å². The Morgan fingerprint density at radius 3 is 2.55 bits per heavy atom. The van der Waals surface area contributed by atoms with Crippen LogP contribution in [0.25, 0.3) is 0 Å². The molecule has 0 atom stereocenters. The Hall–Kier alpha value is -1.59. The van der Waals surface area contributed by atoms with Crippen molar-refractivity contribution < 1.29 is 9.59 Å². The number of nitrogens with one attached hydrogen (secondary N) is 1. The van der Waals surface area contributed by atoms with Crippen LogP contribution in [0.5, 0.6) is 0 Å². The van der Waals surface area contributed by atoms with Gasteiger partial charge >= 0.3 is 0 Å². The minimum atomic E-state index is -0.0682. The van der Waals surface area contributed by atoms with Crippen LogP contribution in [-0.2, 0) is 5.75 Å². The number of hydrogen-bond acceptors (Lipinski definition) is 4. The molecule has 2 aromatic rings. The lowest BCUT2D eigenvalue weighted by atomic mass is 10.1. The van der Waals surface area contributed by atoms with Crippen LogP contribution < -0.4 is 5.32 Å². The fraction of sp³-hybridized carbons (Fsp3) is 0.200. The lowest BCUT2D eigenvalue weighted by Crippen LogP contribution is -2.22. The summed E-state index contributed by atoms with van der Waals surface area (Å²) in [6.07, 6.45) is 0. The first kappa shape index (κ1) is 14.8. The topological polar surface area (TPSA) is 46.2 Å². The smallest absolute Gasteiger partial charge is 0.251 e. The molecule has 0 unspecified atom stereocenters. The van der Waals surface area contributed by atoms with Crippen LogP contribution in [0.4, 0.5) is 0 Å². The van der Waals surface area contributed by atoms with Crippen molar-refractivity contribution in [2.45, 2.75) is 12.7 Å². The van der Waals surface area contributed by atoms with E-state index >= 15 is 0 Å². The van der Waals surface area contributed by atoms with E-state index in [9.17, 15) is 9.59 Å². The fourth-order valence-corrected chi connectivity index (χ4v) is 3.21. The van der Waals surface area contributed by atoms with E-state index in [0.717, 1.165) is 10.4 Å². The van der Waals surface area contributed by atoms with Gasteiger partial charge in [-0.05, 0) is 36.1 Å². The Labute approximate surface area is 126 Å². The van der Waals surface area contributed by atoms with E-state index in [1.807, 2.05) is 36.6 Å². The third-order valence-electron chi connectivity index (χ3n) is 2.65. The molecule has 1 amide bonds. The van der Waals surface area contributed by atoms with Crippen molar-refractivity contribution >= 4 is 34.1 Å². The van der Waals surface area contributed by atoms with E-state index in [2.05, 4.69) is 5.32 Å². The Kier molecular flexibility index (Phi) is 5.38. The molecule has 1 heterocycles. The molecule has 0 bridgehead atoms. The van der Waals surface area contributed by atoms with Gasteiger partial charge in [0.05, 0.1) is 4.88 Å². The Morgan fingerprint density at radius 2 is 1.95 bits per heavy atom. The normalized spacial score (nSPS) is 10.2. The molecular formula is C15H15NO2S2. The van der Waals surface area contributed by atoms with Crippen LogP contribution in [-0.4, -0.2) is 17.6 Å². The number of hydrogen-bond donors (Lipinski definition) is 1. The van der Waals surface area contributed by atoms with Crippen LogP contribution in [0, 0.1) is 0 Å². The van der Waals surface area contributed by atoms with E-state index in [1.165, 1.54) is 23.1 Å². The molecule has 2 rings (SSSR count). The number of carbonyl (C=O) groups excluding carboxylic acids is 2. The molecule has 0 aliphatic rings. The summed E-state index contributed by atoms with van der Waals surface area (Å²) in [6.45, 7) is 2.50. The Morgan fingerprint density at radius 1 is 1.20 bits per heavy atom. The SMILES string of the molecule is CCNC(=O)c1ccc(CSC(=O)c2cccs2)cc1. The maximum Gasteiger partial charge on any atom is 0.251 e. The third-order valence-corrected chi connectivity index (χ3v) is 4.60. The summed E-state index contributed by atoms with van der Waals surface area (Å²) in [5.74, 6) is 0.549. The first-order chi connectivity index (χ1) is 9.70. The number of amides is 1. The summed E-state index contributed by atoms with van der Waals surface area (Å²) in [5.41, 5.74) is 1.68. The molecule has 0 aliphatic heterocycles. The maximum absolute atomic E-state index is 11.8. The molecule has 0 fully saturated rings. The first-order valence-electron chi connectivity index (χ1n) is 6.28. The van der Waals surface area contributed by atoms with Crippen molar-refractivity contribution in [3.05, 3.63) is 57.8 Å². The lowest BCUT2D eigenvalue weighted by Gasteiger charge is -2.04. The van der Waals surface area contributed by atoms with Crippen LogP contribution in [0.3, 0.4) is 0 Å². The zero-order valence-electron chi connectivity index (χ0n) is 11.1. The molecule has 1 N–H and O–H groups in total. The second-order valence-corrected chi connectivity index (χ2v) is 6.01. The Balaban J connectivity index is 1.91. The average Bonchev–Trinajstić information content (AvgIpc) is 3.00. The molecule has 1 aromatic carbocycles. The van der Waals surface area contributed by atoms with Crippen molar-refractivity contribution in [2.24, 2.45) is 0 Å². The molecule has 0 saturated heterocycles. The third kappa shape index (κ3) is 3.95. The summed E-state index contributed by atoms with van der Waals surface area (Å²) in [4.78, 5) is 24.2. The largest absolute Gasteiger partial charge is 0.352 e. The minimum Gasteiger partial charge on any atom is -0.352 e. The van der Waals surface area contributed by atoms with Gasteiger partial charge in [-0.15, -0.1) is 11.3 Å². The second-order valence-electron chi connectivity index (χ2n) is 4.11. The van der Waals surface area contributed by atoms with Crippen molar-refractivity contribution in [1.29, 1.82) is 0 Å².